The Morgan fingerprint density at radius 2 is 1.15 bits per heavy atom. The maximum absolute atomic E-state index is 7.00. The molecule has 272 valence electrons. The highest BCUT2D eigenvalue weighted by molar-refractivity contribution is 5.15. The van der Waals surface area contributed by atoms with Crippen molar-refractivity contribution in [3.8, 4) is 0 Å². The maximum atomic E-state index is 7.00. The van der Waals surface area contributed by atoms with Crippen molar-refractivity contribution in [2.45, 2.75) is 160 Å². The van der Waals surface area contributed by atoms with Crippen LogP contribution >= 0.6 is 0 Å². The normalized spacial score (nSPS) is 32.2. The molecule has 0 spiro atoms. The zero-order valence-corrected chi connectivity index (χ0v) is 30.7. The van der Waals surface area contributed by atoms with Gasteiger partial charge in [-0.3, -0.25) is 0 Å². The topological polar surface area (TPSA) is 132 Å². The highest BCUT2D eigenvalue weighted by Crippen LogP contribution is 2.40. The quantitative estimate of drug-likeness (QED) is 0.292. The molecule has 11 heteroatoms. The van der Waals surface area contributed by atoms with Crippen molar-refractivity contribution in [2.24, 2.45) is 5.73 Å². The Morgan fingerprint density at radius 1 is 0.702 bits per heavy atom. The number of ether oxygens (including phenoxy) is 8. The molecule has 47 heavy (non-hydrogen) atoms. The molecule has 2 aliphatic carbocycles. The van der Waals surface area contributed by atoms with Gasteiger partial charge in [0.05, 0.1) is 49.8 Å². The summed E-state index contributed by atoms with van der Waals surface area (Å²) in [6.07, 6.45) is 1.57. The van der Waals surface area contributed by atoms with E-state index in [-0.39, 0.29) is 59.9 Å². The molecule has 1 aromatic rings. The Hall–Kier alpha value is -1.22. The number of nitrogens with two attached hydrogens (primary N) is 1. The van der Waals surface area contributed by atoms with E-state index >= 15 is 0 Å². The van der Waals surface area contributed by atoms with Gasteiger partial charge in [0.15, 0.2) is 11.6 Å². The SMILES string of the molecule is CC(C)(C)OCCO[C@H]1C[C@@H](N)[C@@H]2OC(C)(C)O[C@@H]21.CC(C)(C)OCCO[C@H]1C[C@@H](NCc2ccccc2)[C@@H]2OC(C)(C)O[C@@H]21.CO. The fourth-order valence-corrected chi connectivity index (χ4v) is 6.37. The molecule has 0 amide bonds. The second kappa shape index (κ2) is 17.1. The lowest BCUT2D eigenvalue weighted by molar-refractivity contribution is -0.170. The molecule has 2 aliphatic heterocycles. The number of benzene rings is 1. The van der Waals surface area contributed by atoms with E-state index in [1.165, 1.54) is 5.56 Å². The lowest BCUT2D eigenvalue weighted by Gasteiger charge is -2.25. The smallest absolute Gasteiger partial charge is 0.163 e. The summed E-state index contributed by atoms with van der Waals surface area (Å²) in [5.41, 5.74) is 7.08. The van der Waals surface area contributed by atoms with Gasteiger partial charge < -0.3 is 54.1 Å². The van der Waals surface area contributed by atoms with Gasteiger partial charge in [-0.1, -0.05) is 30.3 Å². The van der Waals surface area contributed by atoms with Crippen molar-refractivity contribution in [1.82, 2.24) is 5.32 Å². The highest BCUT2D eigenvalue weighted by Gasteiger charge is 2.55. The third kappa shape index (κ3) is 12.9. The molecule has 2 heterocycles. The first-order valence-electron chi connectivity index (χ1n) is 17.1. The molecule has 0 aromatic heterocycles. The van der Waals surface area contributed by atoms with Crippen LogP contribution < -0.4 is 11.1 Å². The van der Waals surface area contributed by atoms with Crippen molar-refractivity contribution in [1.29, 1.82) is 0 Å². The van der Waals surface area contributed by atoms with Crippen LogP contribution in [0.2, 0.25) is 0 Å². The number of nitrogens with one attached hydrogen (secondary N) is 1. The summed E-state index contributed by atoms with van der Waals surface area (Å²) in [5.74, 6) is -1.12. The van der Waals surface area contributed by atoms with Gasteiger partial charge in [-0.15, -0.1) is 0 Å². The summed E-state index contributed by atoms with van der Waals surface area (Å²) >= 11 is 0. The summed E-state index contributed by atoms with van der Waals surface area (Å²) in [6.45, 7) is 23.1. The number of aliphatic hydroxyl groups is 1. The number of hydrogen-bond acceptors (Lipinski definition) is 11. The average Bonchev–Trinajstić information content (AvgIpc) is 3.66. The van der Waals surface area contributed by atoms with Gasteiger partial charge in [0.25, 0.3) is 0 Å². The Balaban J connectivity index is 0.000000254. The monoisotopic (exact) mass is 668 g/mol. The molecule has 2 saturated carbocycles. The second-order valence-corrected chi connectivity index (χ2v) is 15.5. The molecule has 4 fully saturated rings. The van der Waals surface area contributed by atoms with E-state index in [0.29, 0.717) is 26.4 Å². The Kier molecular flexibility index (Phi) is 14.7. The largest absolute Gasteiger partial charge is 0.400 e. The molecule has 0 bridgehead atoms. The van der Waals surface area contributed by atoms with Crippen molar-refractivity contribution in [2.75, 3.05) is 33.5 Å². The minimum absolute atomic E-state index is 0.00495. The first-order valence-corrected chi connectivity index (χ1v) is 17.1. The van der Waals surface area contributed by atoms with E-state index in [1.807, 2.05) is 54.5 Å². The van der Waals surface area contributed by atoms with Crippen LogP contribution in [0, 0.1) is 0 Å². The number of fused-ring (bicyclic) bond motifs is 2. The lowest BCUT2D eigenvalue weighted by atomic mass is 10.1. The lowest BCUT2D eigenvalue weighted by Crippen LogP contribution is -2.39. The van der Waals surface area contributed by atoms with E-state index in [0.717, 1.165) is 26.5 Å². The van der Waals surface area contributed by atoms with Crippen molar-refractivity contribution in [3.63, 3.8) is 0 Å². The third-order valence-electron chi connectivity index (χ3n) is 8.18. The van der Waals surface area contributed by atoms with Crippen LogP contribution in [-0.4, -0.2) is 110 Å². The van der Waals surface area contributed by atoms with Crippen LogP contribution in [0.25, 0.3) is 0 Å². The molecular weight excluding hydrogens is 604 g/mol. The van der Waals surface area contributed by atoms with Gasteiger partial charge >= 0.3 is 0 Å². The van der Waals surface area contributed by atoms with Crippen molar-refractivity contribution in [3.05, 3.63) is 35.9 Å². The molecule has 4 N–H and O–H groups in total. The predicted octanol–water partition coefficient (Wildman–Crippen LogP) is 4.32. The molecule has 8 atom stereocenters. The summed E-state index contributed by atoms with van der Waals surface area (Å²) in [4.78, 5) is 0. The van der Waals surface area contributed by atoms with Crippen molar-refractivity contribution < 1.29 is 43.0 Å². The summed E-state index contributed by atoms with van der Waals surface area (Å²) in [5, 5.41) is 10.6. The van der Waals surface area contributed by atoms with Crippen LogP contribution in [0.1, 0.15) is 87.6 Å². The first kappa shape index (κ1) is 40.2. The molecule has 0 unspecified atom stereocenters. The van der Waals surface area contributed by atoms with Crippen molar-refractivity contribution >= 4 is 0 Å². The summed E-state index contributed by atoms with van der Waals surface area (Å²) in [7, 11) is 1.00. The van der Waals surface area contributed by atoms with Crippen LogP contribution in [0.4, 0.5) is 0 Å². The Morgan fingerprint density at radius 3 is 1.66 bits per heavy atom. The number of rotatable bonds is 11. The Labute approximate surface area is 283 Å². The van der Waals surface area contributed by atoms with Crippen LogP contribution in [0.15, 0.2) is 30.3 Å². The molecule has 1 aromatic carbocycles. The molecule has 4 aliphatic rings. The molecule has 5 rings (SSSR count). The van der Waals surface area contributed by atoms with Crippen LogP contribution in [-0.2, 0) is 44.4 Å². The average molecular weight is 669 g/mol. The second-order valence-electron chi connectivity index (χ2n) is 15.5. The van der Waals surface area contributed by atoms with E-state index in [9.17, 15) is 0 Å². The van der Waals surface area contributed by atoms with Gasteiger partial charge in [0.1, 0.15) is 24.4 Å². The summed E-state index contributed by atoms with van der Waals surface area (Å²) in [6, 6.07) is 10.6. The van der Waals surface area contributed by atoms with Gasteiger partial charge in [-0.2, -0.15) is 0 Å². The van der Waals surface area contributed by atoms with Gasteiger partial charge in [-0.25, -0.2) is 0 Å². The van der Waals surface area contributed by atoms with E-state index < -0.39 is 11.6 Å². The van der Waals surface area contributed by atoms with Gasteiger partial charge in [0.2, 0.25) is 0 Å². The van der Waals surface area contributed by atoms with E-state index in [2.05, 4.69) is 50.4 Å². The van der Waals surface area contributed by atoms with Crippen LogP contribution in [0.5, 0.6) is 0 Å². The summed E-state index contributed by atoms with van der Waals surface area (Å²) < 4.78 is 47.4. The zero-order valence-electron chi connectivity index (χ0n) is 30.7. The minimum atomic E-state index is -0.564. The zero-order chi connectivity index (χ0) is 35.0. The molecule has 2 saturated heterocycles. The number of aliphatic hydroxyl groups excluding tert-OH is 1. The molecule has 0 radical (unpaired) electrons. The molecular formula is C36H64N2O9. The minimum Gasteiger partial charge on any atom is -0.400 e. The standard InChI is InChI=1S/C21H33NO4.C14H27NO4.CH4O/c1-20(2,3)24-12-11-23-17-13-16(18-19(17)26-21(4,5)25-18)22-14-15-9-7-6-8-10-15;1-13(2,3)17-7-6-16-10-8-9(15)11-12(10)19-14(4,5)18-11;1-2/h6-10,16-19,22H,11-14H2,1-5H3;9-12H,6-8,15H2,1-5H3;2H,1H3/t16-,17+,18+,19-;9-,10+,11+,12-;/m11./s1. The highest BCUT2D eigenvalue weighted by atomic mass is 16.8. The van der Waals surface area contributed by atoms with E-state index in [4.69, 9.17) is 48.7 Å². The number of hydrogen-bond donors (Lipinski definition) is 3. The van der Waals surface area contributed by atoms with Crippen LogP contribution in [0.3, 0.4) is 0 Å². The molecule has 11 nitrogen and oxygen atoms in total. The maximum Gasteiger partial charge on any atom is 0.163 e. The Bertz CT molecular complexity index is 1040. The fourth-order valence-electron chi connectivity index (χ4n) is 6.37. The van der Waals surface area contributed by atoms with Gasteiger partial charge in [-0.05, 0) is 87.6 Å². The predicted molar refractivity (Wildman–Crippen MR) is 181 cm³/mol. The van der Waals surface area contributed by atoms with E-state index in [1.54, 1.807) is 0 Å². The first-order chi connectivity index (χ1) is 21.9. The fraction of sp³-hybridized carbons (Fsp3) is 0.833. The third-order valence-corrected chi connectivity index (χ3v) is 8.18. The van der Waals surface area contributed by atoms with Gasteiger partial charge in [0, 0.05) is 25.7 Å².